The standard InChI is InChI=1S/C9H9ClO4S/c1-14-9(11)6-15(12,13)8-4-2-3-7(10)5-8/h2-5H,6H2,1H3. The number of rotatable bonds is 3. The zero-order valence-corrected chi connectivity index (χ0v) is 9.51. The Balaban J connectivity index is 3.01. The third-order valence-corrected chi connectivity index (χ3v) is 3.51. The molecule has 0 atom stereocenters. The van der Waals surface area contributed by atoms with Crippen LogP contribution in [0.25, 0.3) is 0 Å². The summed E-state index contributed by atoms with van der Waals surface area (Å²) >= 11 is 5.64. The largest absolute Gasteiger partial charge is 0.468 e. The Morgan fingerprint density at radius 3 is 2.67 bits per heavy atom. The second-order valence-electron chi connectivity index (χ2n) is 2.79. The van der Waals surface area contributed by atoms with Gasteiger partial charge in [0.2, 0.25) is 0 Å². The zero-order valence-electron chi connectivity index (χ0n) is 7.94. The second-order valence-corrected chi connectivity index (χ2v) is 5.22. The Bertz CT molecular complexity index is 467. The quantitative estimate of drug-likeness (QED) is 0.757. The van der Waals surface area contributed by atoms with E-state index in [1.54, 1.807) is 6.07 Å². The fourth-order valence-electron chi connectivity index (χ4n) is 0.958. The highest BCUT2D eigenvalue weighted by molar-refractivity contribution is 7.92. The first-order valence-electron chi connectivity index (χ1n) is 4.01. The Kier molecular flexibility index (Phi) is 3.71. The van der Waals surface area contributed by atoms with Gasteiger partial charge in [-0.05, 0) is 18.2 Å². The van der Waals surface area contributed by atoms with Gasteiger partial charge in [0.05, 0.1) is 12.0 Å². The maximum Gasteiger partial charge on any atom is 0.321 e. The number of carbonyl (C=O) groups is 1. The molecule has 0 unspecified atom stereocenters. The van der Waals surface area contributed by atoms with Gasteiger partial charge in [0.1, 0.15) is 0 Å². The molecule has 0 saturated carbocycles. The topological polar surface area (TPSA) is 60.4 Å². The maximum atomic E-state index is 11.6. The van der Waals surface area contributed by atoms with Gasteiger partial charge in [-0.25, -0.2) is 8.42 Å². The average molecular weight is 249 g/mol. The molecule has 0 aliphatic heterocycles. The van der Waals surface area contributed by atoms with Crippen LogP contribution in [0.1, 0.15) is 0 Å². The van der Waals surface area contributed by atoms with Crippen molar-refractivity contribution in [3.63, 3.8) is 0 Å². The van der Waals surface area contributed by atoms with Crippen molar-refractivity contribution in [3.8, 4) is 0 Å². The van der Waals surface area contributed by atoms with E-state index in [1.165, 1.54) is 18.2 Å². The van der Waals surface area contributed by atoms with E-state index in [1.807, 2.05) is 0 Å². The summed E-state index contributed by atoms with van der Waals surface area (Å²) in [7, 11) is -2.52. The van der Waals surface area contributed by atoms with E-state index >= 15 is 0 Å². The normalized spacial score (nSPS) is 11.1. The number of carbonyl (C=O) groups excluding carboxylic acids is 1. The van der Waals surface area contributed by atoms with E-state index in [2.05, 4.69) is 4.74 Å². The van der Waals surface area contributed by atoms with Crippen LogP contribution in [0.3, 0.4) is 0 Å². The van der Waals surface area contributed by atoms with Crippen LogP contribution in [-0.2, 0) is 19.4 Å². The van der Waals surface area contributed by atoms with Crippen LogP contribution in [-0.4, -0.2) is 27.2 Å². The molecule has 0 bridgehead atoms. The highest BCUT2D eigenvalue weighted by atomic mass is 35.5. The van der Waals surface area contributed by atoms with Crippen LogP contribution < -0.4 is 0 Å². The first-order valence-corrected chi connectivity index (χ1v) is 6.04. The molecule has 1 aromatic rings. The third-order valence-electron chi connectivity index (χ3n) is 1.69. The number of ether oxygens (including phenoxy) is 1. The Labute approximate surface area is 92.7 Å². The van der Waals surface area contributed by atoms with Crippen LogP contribution >= 0.6 is 11.6 Å². The van der Waals surface area contributed by atoms with Crippen molar-refractivity contribution >= 4 is 27.4 Å². The van der Waals surface area contributed by atoms with E-state index < -0.39 is 21.6 Å². The van der Waals surface area contributed by atoms with E-state index in [4.69, 9.17) is 11.6 Å². The second kappa shape index (κ2) is 4.63. The van der Waals surface area contributed by atoms with Crippen molar-refractivity contribution in [3.05, 3.63) is 29.3 Å². The van der Waals surface area contributed by atoms with Gasteiger partial charge in [0.15, 0.2) is 15.6 Å². The van der Waals surface area contributed by atoms with Crippen LogP contribution in [0.5, 0.6) is 0 Å². The van der Waals surface area contributed by atoms with Crippen molar-refractivity contribution in [2.24, 2.45) is 0 Å². The fraction of sp³-hybridized carbons (Fsp3) is 0.222. The molecule has 1 rings (SSSR count). The minimum absolute atomic E-state index is 0.0143. The summed E-state index contributed by atoms with van der Waals surface area (Å²) in [5.41, 5.74) is 0. The Morgan fingerprint density at radius 1 is 1.47 bits per heavy atom. The van der Waals surface area contributed by atoms with Crippen molar-refractivity contribution in [1.29, 1.82) is 0 Å². The lowest BCUT2D eigenvalue weighted by molar-refractivity contribution is -0.137. The summed E-state index contributed by atoms with van der Waals surface area (Å²) in [6.45, 7) is 0. The molecule has 0 heterocycles. The van der Waals surface area contributed by atoms with Crippen LogP contribution in [0.4, 0.5) is 0 Å². The third kappa shape index (κ3) is 3.21. The minimum atomic E-state index is -3.65. The number of hydrogen-bond acceptors (Lipinski definition) is 4. The van der Waals surface area contributed by atoms with Crippen molar-refractivity contribution < 1.29 is 17.9 Å². The lowest BCUT2D eigenvalue weighted by Crippen LogP contribution is -2.17. The van der Waals surface area contributed by atoms with Crippen LogP contribution in [0.15, 0.2) is 29.2 Å². The van der Waals surface area contributed by atoms with E-state index in [9.17, 15) is 13.2 Å². The average Bonchev–Trinajstić information content (AvgIpc) is 2.17. The zero-order chi connectivity index (χ0) is 11.5. The molecule has 15 heavy (non-hydrogen) atoms. The van der Waals surface area contributed by atoms with Crippen molar-refractivity contribution in [2.75, 3.05) is 12.9 Å². The number of methoxy groups -OCH3 is 1. The fourth-order valence-corrected chi connectivity index (χ4v) is 2.40. The predicted molar refractivity (Wildman–Crippen MR) is 55.5 cm³/mol. The highest BCUT2D eigenvalue weighted by Gasteiger charge is 2.19. The van der Waals surface area contributed by atoms with Crippen LogP contribution in [0, 0.1) is 0 Å². The van der Waals surface area contributed by atoms with E-state index in [-0.39, 0.29) is 4.90 Å². The number of benzene rings is 1. The molecular formula is C9H9ClO4S. The van der Waals surface area contributed by atoms with Gasteiger partial charge >= 0.3 is 5.97 Å². The van der Waals surface area contributed by atoms with Gasteiger partial charge in [-0.2, -0.15) is 0 Å². The molecule has 0 saturated heterocycles. The lowest BCUT2D eigenvalue weighted by Gasteiger charge is -2.03. The smallest absolute Gasteiger partial charge is 0.321 e. The number of sulfone groups is 1. The molecule has 0 N–H and O–H groups in total. The van der Waals surface area contributed by atoms with Gasteiger partial charge in [-0.15, -0.1) is 0 Å². The Morgan fingerprint density at radius 2 is 2.13 bits per heavy atom. The first kappa shape index (κ1) is 12.0. The molecule has 6 heteroatoms. The minimum Gasteiger partial charge on any atom is -0.468 e. The molecule has 0 radical (unpaired) electrons. The molecule has 0 fully saturated rings. The van der Waals surface area contributed by atoms with Gasteiger partial charge in [0.25, 0.3) is 0 Å². The summed E-state index contributed by atoms with van der Waals surface area (Å²) < 4.78 is 27.5. The van der Waals surface area contributed by atoms with Crippen LogP contribution in [0.2, 0.25) is 5.02 Å². The number of hydrogen-bond donors (Lipinski definition) is 0. The predicted octanol–water partition coefficient (Wildman–Crippen LogP) is 1.29. The van der Waals surface area contributed by atoms with Crippen molar-refractivity contribution in [2.45, 2.75) is 4.90 Å². The molecule has 0 amide bonds. The van der Waals surface area contributed by atoms with Gasteiger partial charge in [-0.1, -0.05) is 17.7 Å². The Hall–Kier alpha value is -1.07. The van der Waals surface area contributed by atoms with E-state index in [0.29, 0.717) is 5.02 Å². The van der Waals surface area contributed by atoms with Gasteiger partial charge in [0, 0.05) is 5.02 Å². The highest BCUT2D eigenvalue weighted by Crippen LogP contribution is 2.16. The van der Waals surface area contributed by atoms with Crippen molar-refractivity contribution in [1.82, 2.24) is 0 Å². The molecule has 1 aromatic carbocycles. The number of esters is 1. The molecule has 4 nitrogen and oxygen atoms in total. The molecule has 0 aliphatic carbocycles. The first-order chi connectivity index (χ1) is 6.95. The molecule has 0 aromatic heterocycles. The maximum absolute atomic E-state index is 11.6. The number of halogens is 1. The molecule has 0 spiro atoms. The summed E-state index contributed by atoms with van der Waals surface area (Å²) in [6.07, 6.45) is 0. The summed E-state index contributed by atoms with van der Waals surface area (Å²) in [5, 5.41) is 0.306. The summed E-state index contributed by atoms with van der Waals surface area (Å²) in [6, 6.07) is 5.73. The molecular weight excluding hydrogens is 240 g/mol. The summed E-state index contributed by atoms with van der Waals surface area (Å²) in [5.74, 6) is -1.47. The molecule has 82 valence electrons. The summed E-state index contributed by atoms with van der Waals surface area (Å²) in [4.78, 5) is 10.9. The monoisotopic (exact) mass is 248 g/mol. The van der Waals surface area contributed by atoms with Gasteiger partial charge < -0.3 is 4.74 Å². The van der Waals surface area contributed by atoms with Gasteiger partial charge in [-0.3, -0.25) is 4.79 Å². The SMILES string of the molecule is COC(=O)CS(=O)(=O)c1cccc(Cl)c1. The molecule has 0 aliphatic rings. The van der Waals surface area contributed by atoms with E-state index in [0.717, 1.165) is 7.11 Å². The lowest BCUT2D eigenvalue weighted by atomic mass is 10.4.